The number of rotatable bonds is 7. The Morgan fingerprint density at radius 3 is 2.26 bits per heavy atom. The standard InChI is InChI=1S/C25H34NO8Si/c1-25(2,3)16(12-34-35(6)7)19-20(26(22(19)28)23(29)24(30)31)14-9-8-13-10-17(32-4)18(33-5)11-15(13)21(14)27/h10-11,14,16,19-20H,8-9,12H2,1-7H3,(H,30,31)/t14-,16-,19+,20-/m1/s1. The number of hydrogen-bond donors (Lipinski definition) is 1. The topological polar surface area (TPSA) is 119 Å². The van der Waals surface area contributed by atoms with E-state index in [1.807, 2.05) is 33.9 Å². The molecule has 3 rings (SSSR count). The Morgan fingerprint density at radius 1 is 1.14 bits per heavy atom. The van der Waals surface area contributed by atoms with Gasteiger partial charge in [0.25, 0.3) is 0 Å². The van der Waals surface area contributed by atoms with Gasteiger partial charge in [-0.05, 0) is 55.0 Å². The lowest BCUT2D eigenvalue weighted by atomic mass is 9.61. The first-order valence-corrected chi connectivity index (χ1v) is 14.1. The Labute approximate surface area is 207 Å². The Bertz CT molecular complexity index is 1030. The zero-order valence-electron chi connectivity index (χ0n) is 21.3. The number of hydrogen-bond acceptors (Lipinski definition) is 7. The number of Topliss-reactive ketones (excluding diaryl/α,β-unsaturated/α-hetero) is 1. The van der Waals surface area contributed by atoms with E-state index in [2.05, 4.69) is 0 Å². The molecule has 1 aliphatic carbocycles. The summed E-state index contributed by atoms with van der Waals surface area (Å²) in [5.74, 6) is -4.60. The molecule has 191 valence electrons. The molecule has 0 aromatic heterocycles. The number of imide groups is 1. The van der Waals surface area contributed by atoms with Gasteiger partial charge in [-0.25, -0.2) is 4.79 Å². The largest absolute Gasteiger partial charge is 0.493 e. The summed E-state index contributed by atoms with van der Waals surface area (Å²) in [7, 11) is 1.95. The van der Waals surface area contributed by atoms with Crippen molar-refractivity contribution >= 4 is 32.6 Å². The van der Waals surface area contributed by atoms with E-state index in [0.29, 0.717) is 36.5 Å². The molecule has 1 saturated heterocycles. The smallest absolute Gasteiger partial charge is 0.395 e. The monoisotopic (exact) mass is 504 g/mol. The molecule has 2 aliphatic rings. The van der Waals surface area contributed by atoms with Gasteiger partial charge in [0.15, 0.2) is 17.3 Å². The fraction of sp³-hybridized carbons (Fsp3) is 0.600. The summed E-state index contributed by atoms with van der Waals surface area (Å²) < 4.78 is 16.7. The molecule has 1 fully saturated rings. The van der Waals surface area contributed by atoms with E-state index in [1.54, 1.807) is 12.1 Å². The number of aryl methyl sites for hydroxylation is 1. The number of methoxy groups -OCH3 is 2. The van der Waals surface area contributed by atoms with E-state index in [0.717, 1.165) is 10.5 Å². The van der Waals surface area contributed by atoms with E-state index in [1.165, 1.54) is 14.2 Å². The highest BCUT2D eigenvalue weighted by Crippen LogP contribution is 2.48. The number of likely N-dealkylation sites (tertiary alicyclic amines) is 1. The Balaban J connectivity index is 2.05. The number of ether oxygens (including phenoxy) is 2. The predicted octanol–water partition coefficient (Wildman–Crippen LogP) is 2.82. The van der Waals surface area contributed by atoms with Crippen molar-refractivity contribution < 1.29 is 38.2 Å². The second-order valence-electron chi connectivity index (χ2n) is 10.4. The van der Waals surface area contributed by atoms with Crippen molar-refractivity contribution in [2.75, 3.05) is 20.8 Å². The molecule has 0 bridgehead atoms. The van der Waals surface area contributed by atoms with Crippen LogP contribution in [0.2, 0.25) is 13.1 Å². The maximum atomic E-state index is 13.7. The van der Waals surface area contributed by atoms with Crippen LogP contribution >= 0.6 is 0 Å². The highest BCUT2D eigenvalue weighted by Gasteiger charge is 2.61. The third-order valence-electron chi connectivity index (χ3n) is 7.04. The van der Waals surface area contributed by atoms with Gasteiger partial charge in [-0.3, -0.25) is 19.3 Å². The van der Waals surface area contributed by atoms with E-state index >= 15 is 0 Å². The summed E-state index contributed by atoms with van der Waals surface area (Å²) in [5, 5.41) is 9.38. The minimum Gasteiger partial charge on any atom is -0.493 e. The predicted molar refractivity (Wildman–Crippen MR) is 129 cm³/mol. The number of nitrogens with zero attached hydrogens (tertiary/aromatic N) is 1. The Morgan fingerprint density at radius 2 is 1.74 bits per heavy atom. The van der Waals surface area contributed by atoms with Gasteiger partial charge in [-0.2, -0.15) is 0 Å². The third-order valence-corrected chi connectivity index (χ3v) is 7.78. The molecule has 1 heterocycles. The van der Waals surface area contributed by atoms with Crippen LogP contribution in [0.5, 0.6) is 11.5 Å². The van der Waals surface area contributed by atoms with Gasteiger partial charge < -0.3 is 19.0 Å². The third kappa shape index (κ3) is 4.99. The van der Waals surface area contributed by atoms with Gasteiger partial charge in [0.2, 0.25) is 14.9 Å². The van der Waals surface area contributed by atoms with Crippen LogP contribution < -0.4 is 9.47 Å². The van der Waals surface area contributed by atoms with Crippen LogP contribution in [-0.2, 0) is 25.2 Å². The van der Waals surface area contributed by atoms with Crippen LogP contribution in [-0.4, -0.2) is 69.5 Å². The van der Waals surface area contributed by atoms with Gasteiger partial charge in [0.1, 0.15) is 0 Å². The molecular weight excluding hydrogens is 470 g/mol. The molecule has 10 heteroatoms. The van der Waals surface area contributed by atoms with E-state index in [9.17, 15) is 24.3 Å². The number of ketones is 1. The molecule has 0 unspecified atom stereocenters. The van der Waals surface area contributed by atoms with E-state index < -0.39 is 44.7 Å². The molecule has 4 atom stereocenters. The lowest BCUT2D eigenvalue weighted by molar-refractivity contribution is -0.182. The fourth-order valence-electron chi connectivity index (χ4n) is 5.18. The molecule has 0 saturated carbocycles. The number of carboxylic acid groups (broad SMARTS) is 1. The number of amides is 2. The van der Waals surface area contributed by atoms with Gasteiger partial charge >= 0.3 is 11.9 Å². The quantitative estimate of drug-likeness (QED) is 0.342. The number of aliphatic carboxylic acids is 1. The summed E-state index contributed by atoms with van der Waals surface area (Å²) in [6.07, 6.45) is 0.903. The number of carboxylic acids is 1. The lowest BCUT2D eigenvalue weighted by Crippen LogP contribution is -2.71. The van der Waals surface area contributed by atoms with Crippen molar-refractivity contribution in [3.8, 4) is 11.5 Å². The van der Waals surface area contributed by atoms with Gasteiger partial charge in [0.05, 0.1) is 26.2 Å². The summed E-state index contributed by atoms with van der Waals surface area (Å²) >= 11 is 0. The first-order chi connectivity index (χ1) is 16.3. The lowest BCUT2D eigenvalue weighted by Gasteiger charge is -2.54. The molecule has 0 spiro atoms. The molecule has 1 aliphatic heterocycles. The molecule has 1 aromatic rings. The Kier molecular flexibility index (Phi) is 7.76. The fourth-order valence-corrected chi connectivity index (χ4v) is 5.70. The van der Waals surface area contributed by atoms with Crippen LogP contribution in [0, 0.1) is 23.2 Å². The number of β-lactam (4-membered cyclic amide) rings is 1. The summed E-state index contributed by atoms with van der Waals surface area (Å²) in [6, 6.07) is 2.54. The van der Waals surface area contributed by atoms with Crippen LogP contribution in [0.1, 0.15) is 43.1 Å². The van der Waals surface area contributed by atoms with Crippen LogP contribution in [0.25, 0.3) is 0 Å². The number of carbonyl (C=O) groups is 4. The van der Waals surface area contributed by atoms with Crippen LogP contribution in [0.3, 0.4) is 0 Å². The highest BCUT2D eigenvalue weighted by molar-refractivity contribution is 6.48. The zero-order valence-corrected chi connectivity index (χ0v) is 22.3. The second-order valence-corrected chi connectivity index (χ2v) is 12.5. The van der Waals surface area contributed by atoms with E-state index in [4.69, 9.17) is 13.9 Å². The number of fused-ring (bicyclic) bond motifs is 1. The van der Waals surface area contributed by atoms with Crippen LogP contribution in [0.4, 0.5) is 0 Å². The minimum atomic E-state index is -1.71. The summed E-state index contributed by atoms with van der Waals surface area (Å²) in [6.45, 7) is 10.2. The van der Waals surface area contributed by atoms with Gasteiger partial charge in [0, 0.05) is 18.1 Å². The van der Waals surface area contributed by atoms with Crippen LogP contribution in [0.15, 0.2) is 12.1 Å². The van der Waals surface area contributed by atoms with Gasteiger partial charge in [-0.1, -0.05) is 20.8 Å². The van der Waals surface area contributed by atoms with Crippen molar-refractivity contribution in [3.63, 3.8) is 0 Å². The Hall–Kier alpha value is -2.72. The van der Waals surface area contributed by atoms with E-state index in [-0.39, 0.29) is 17.1 Å². The number of benzene rings is 1. The van der Waals surface area contributed by atoms with Gasteiger partial charge in [-0.15, -0.1) is 0 Å². The normalized spacial score (nSPS) is 23.0. The SMILES string of the molecule is COc1cc2c(cc1OC)C(=O)[C@@H]([C@@H]1[C@H]([C@@H](CO[Si](C)C)C(C)(C)C)C(=O)N1C(=O)C(=O)O)CC2. The second kappa shape index (κ2) is 10.1. The van der Waals surface area contributed by atoms with Crippen molar-refractivity contribution in [3.05, 3.63) is 23.3 Å². The first-order valence-electron chi connectivity index (χ1n) is 11.7. The molecule has 1 radical (unpaired) electrons. The molecule has 9 nitrogen and oxygen atoms in total. The first kappa shape index (κ1) is 26.9. The number of carbonyl (C=O) groups excluding carboxylic acids is 3. The van der Waals surface area contributed by atoms with Crippen molar-refractivity contribution in [2.45, 2.75) is 52.7 Å². The molecule has 2 amide bonds. The van der Waals surface area contributed by atoms with Crippen molar-refractivity contribution in [1.82, 2.24) is 4.90 Å². The maximum absolute atomic E-state index is 13.7. The minimum absolute atomic E-state index is 0.234. The molecule has 35 heavy (non-hydrogen) atoms. The average molecular weight is 505 g/mol. The maximum Gasteiger partial charge on any atom is 0.395 e. The molecule has 1 aromatic carbocycles. The molecular formula is C25H34NO8Si. The summed E-state index contributed by atoms with van der Waals surface area (Å²) in [5.41, 5.74) is 0.860. The highest BCUT2D eigenvalue weighted by atomic mass is 28.3. The van der Waals surface area contributed by atoms with Crippen molar-refractivity contribution in [2.24, 2.45) is 23.2 Å². The molecule has 1 N–H and O–H groups in total. The summed E-state index contributed by atoms with van der Waals surface area (Å²) in [4.78, 5) is 51.9. The van der Waals surface area contributed by atoms with Crippen molar-refractivity contribution in [1.29, 1.82) is 0 Å². The average Bonchev–Trinajstić information content (AvgIpc) is 2.78. The zero-order chi connectivity index (χ0) is 26.2.